The number of amides is 1. The molecule has 0 unspecified atom stereocenters. The minimum Gasteiger partial charge on any atom is -0.503 e. The Labute approximate surface area is 117 Å². The number of hydrogen-bond acceptors (Lipinski definition) is 3. The van der Waals surface area contributed by atoms with Crippen LogP contribution < -0.4 is 10.6 Å². The first-order valence-corrected chi connectivity index (χ1v) is 4.32. The van der Waals surface area contributed by atoms with Gasteiger partial charge in [-0.15, -0.1) is 18.3 Å². The molecule has 1 rings (SSSR count). The predicted molar refractivity (Wildman–Crippen MR) is 55.2 cm³/mol. The van der Waals surface area contributed by atoms with E-state index >= 15 is 0 Å². The Hall–Kier alpha value is -0.568. The first kappa shape index (κ1) is 15.4. The minimum atomic E-state index is -0.586. The van der Waals surface area contributed by atoms with E-state index in [0.717, 1.165) is 11.0 Å². The molecule has 0 aliphatic heterocycles. The SMILES string of the molecule is Nc1ccc(N([C-]=O)C[CH-]CO)cc1F.[U+2]. The number of aliphatic hydroxyl groups is 1. The van der Waals surface area contributed by atoms with E-state index in [2.05, 4.69) is 0 Å². The monoisotopic (exact) mass is 448 g/mol. The van der Waals surface area contributed by atoms with Crippen LogP contribution in [0.25, 0.3) is 0 Å². The van der Waals surface area contributed by atoms with Crippen molar-refractivity contribution in [2.75, 3.05) is 23.8 Å². The van der Waals surface area contributed by atoms with E-state index in [9.17, 15) is 9.18 Å². The molecule has 84 valence electrons. The summed E-state index contributed by atoms with van der Waals surface area (Å²) in [6, 6.07) is 4.02. The summed E-state index contributed by atoms with van der Waals surface area (Å²) in [5.74, 6) is -0.586. The normalized spacial score (nSPS) is 9.38. The third kappa shape index (κ3) is 4.13. The zero-order valence-electron chi connectivity index (χ0n) is 8.48. The van der Waals surface area contributed by atoms with E-state index in [0.29, 0.717) is 5.69 Å². The van der Waals surface area contributed by atoms with Gasteiger partial charge in [-0.2, -0.15) is 0 Å². The van der Waals surface area contributed by atoms with Crippen molar-refractivity contribution in [1.29, 1.82) is 0 Å². The first-order valence-electron chi connectivity index (χ1n) is 4.32. The summed E-state index contributed by atoms with van der Waals surface area (Å²) >= 11 is 0. The standard InChI is InChI=1S/C10H11FN2O2.U/c11-9-6-8(2-3-10(9)12)13(7-15)4-1-5-14;/h1-3,6,14H,4-5,12H2;/q-2;+2. The largest absolute Gasteiger partial charge is 2.00 e. The Bertz CT molecular complexity index is 350. The molecule has 3 N–H and O–H groups in total. The van der Waals surface area contributed by atoms with Gasteiger partial charge in [-0.05, 0) is 0 Å². The predicted octanol–water partition coefficient (Wildman–Crippen LogP) is 0.478. The molecule has 0 aliphatic carbocycles. The van der Waals surface area contributed by atoms with Gasteiger partial charge in [0.05, 0.1) is 12.1 Å². The molecule has 1 aromatic carbocycles. The fourth-order valence-electron chi connectivity index (χ4n) is 1.07. The van der Waals surface area contributed by atoms with Crippen molar-refractivity contribution in [3.05, 3.63) is 30.4 Å². The number of aliphatic hydroxyl groups excluding tert-OH is 1. The maximum absolute atomic E-state index is 13.1. The molecule has 1 amide bonds. The zero-order valence-corrected chi connectivity index (χ0v) is 12.6. The van der Waals surface area contributed by atoms with Gasteiger partial charge < -0.3 is 20.5 Å². The number of carbonyl (C=O) groups excluding carboxylic acids is 1. The quantitative estimate of drug-likeness (QED) is 0.392. The van der Waals surface area contributed by atoms with Gasteiger partial charge in [-0.25, -0.2) is 4.39 Å². The fraction of sp³-hybridized carbons (Fsp3) is 0.200. The van der Waals surface area contributed by atoms with Crippen LogP contribution in [0.2, 0.25) is 0 Å². The summed E-state index contributed by atoms with van der Waals surface area (Å²) in [6.45, 7) is 0.0129. The van der Waals surface area contributed by atoms with E-state index < -0.39 is 5.82 Å². The number of benzene rings is 1. The van der Waals surface area contributed by atoms with Crippen LogP contribution in [-0.4, -0.2) is 24.7 Å². The number of nitrogen functional groups attached to an aromatic ring is 1. The summed E-state index contributed by atoms with van der Waals surface area (Å²) in [5.41, 5.74) is 5.66. The van der Waals surface area contributed by atoms with Gasteiger partial charge in [-0.1, -0.05) is 18.7 Å². The third-order valence-electron chi connectivity index (χ3n) is 1.85. The molecule has 0 saturated carbocycles. The molecular weight excluding hydrogens is 437 g/mol. The van der Waals surface area contributed by atoms with Crippen molar-refractivity contribution in [3.8, 4) is 0 Å². The van der Waals surface area contributed by atoms with Crippen LogP contribution in [-0.2, 0) is 4.79 Å². The maximum atomic E-state index is 13.1. The van der Waals surface area contributed by atoms with Gasteiger partial charge in [0.1, 0.15) is 5.82 Å². The molecule has 6 heteroatoms. The van der Waals surface area contributed by atoms with E-state index in [1.165, 1.54) is 18.6 Å². The van der Waals surface area contributed by atoms with E-state index in [1.54, 1.807) is 6.41 Å². The number of halogens is 1. The molecular formula is C10H11FN2O2U. The number of nitrogens with two attached hydrogens (primary N) is 1. The van der Waals surface area contributed by atoms with Gasteiger partial charge in [0.15, 0.2) is 0 Å². The van der Waals surface area contributed by atoms with Gasteiger partial charge >= 0.3 is 31.1 Å². The van der Waals surface area contributed by atoms with Gasteiger partial charge in [-0.3, -0.25) is 6.42 Å². The van der Waals surface area contributed by atoms with Gasteiger partial charge in [0.2, 0.25) is 0 Å². The Morgan fingerprint density at radius 3 is 2.75 bits per heavy atom. The summed E-state index contributed by atoms with van der Waals surface area (Å²) in [6.07, 6.45) is 3.09. The number of hydrogen-bond donors (Lipinski definition) is 2. The third-order valence-corrected chi connectivity index (χ3v) is 1.85. The molecule has 0 radical (unpaired) electrons. The van der Waals surface area contributed by atoms with Crippen LogP contribution in [0.1, 0.15) is 0 Å². The van der Waals surface area contributed by atoms with Gasteiger partial charge in [0, 0.05) is 0 Å². The summed E-state index contributed by atoms with van der Waals surface area (Å²) in [7, 11) is 0. The molecule has 0 fully saturated rings. The average Bonchev–Trinajstić information content (AvgIpc) is 2.24. The molecule has 0 aliphatic rings. The molecule has 0 aromatic heterocycles. The Morgan fingerprint density at radius 1 is 1.56 bits per heavy atom. The average molecular weight is 448 g/mol. The van der Waals surface area contributed by atoms with Crippen molar-refractivity contribution < 1.29 is 45.4 Å². The second kappa shape index (κ2) is 7.66. The fourth-order valence-corrected chi connectivity index (χ4v) is 1.07. The minimum absolute atomic E-state index is 0. The summed E-state index contributed by atoms with van der Waals surface area (Å²) in [5, 5.41) is 8.55. The van der Waals surface area contributed by atoms with Crippen LogP contribution in [0.3, 0.4) is 0 Å². The molecule has 0 saturated heterocycles. The molecule has 0 heterocycles. The molecule has 0 bridgehead atoms. The number of anilines is 2. The first-order chi connectivity index (χ1) is 7.19. The van der Waals surface area contributed by atoms with E-state index in [-0.39, 0.29) is 50.0 Å². The van der Waals surface area contributed by atoms with Crippen molar-refractivity contribution in [1.82, 2.24) is 0 Å². The summed E-state index contributed by atoms with van der Waals surface area (Å²) < 4.78 is 13.1. The van der Waals surface area contributed by atoms with Crippen molar-refractivity contribution in [2.24, 2.45) is 0 Å². The second-order valence-corrected chi connectivity index (χ2v) is 2.88. The number of rotatable bonds is 5. The van der Waals surface area contributed by atoms with Crippen molar-refractivity contribution >= 4 is 17.8 Å². The van der Waals surface area contributed by atoms with Crippen molar-refractivity contribution in [2.45, 2.75) is 0 Å². The van der Waals surface area contributed by atoms with Crippen LogP contribution in [0.15, 0.2) is 18.2 Å². The molecule has 1 aromatic rings. The number of nitrogens with zero attached hydrogens (tertiary/aromatic N) is 1. The second-order valence-electron chi connectivity index (χ2n) is 2.88. The Balaban J connectivity index is 0.00000225. The van der Waals surface area contributed by atoms with E-state index in [1.807, 2.05) is 0 Å². The molecule has 0 spiro atoms. The Kier molecular flexibility index (Phi) is 7.39. The topological polar surface area (TPSA) is 66.6 Å². The van der Waals surface area contributed by atoms with Gasteiger partial charge in [0.25, 0.3) is 0 Å². The van der Waals surface area contributed by atoms with E-state index in [4.69, 9.17) is 10.8 Å². The smallest absolute Gasteiger partial charge is 0.503 e. The molecule has 16 heavy (non-hydrogen) atoms. The van der Waals surface area contributed by atoms with Crippen LogP contribution >= 0.6 is 0 Å². The van der Waals surface area contributed by atoms with Crippen molar-refractivity contribution in [3.63, 3.8) is 0 Å². The van der Waals surface area contributed by atoms with Crippen LogP contribution in [0, 0.1) is 43.4 Å². The molecule has 4 nitrogen and oxygen atoms in total. The van der Waals surface area contributed by atoms with Crippen LogP contribution in [0.5, 0.6) is 0 Å². The van der Waals surface area contributed by atoms with Crippen LogP contribution in [0.4, 0.5) is 15.8 Å². The Morgan fingerprint density at radius 2 is 2.25 bits per heavy atom. The zero-order chi connectivity index (χ0) is 11.3. The maximum Gasteiger partial charge on any atom is 2.00 e. The molecule has 0 atom stereocenters. The summed E-state index contributed by atoms with van der Waals surface area (Å²) in [4.78, 5) is 11.7.